The highest BCUT2D eigenvalue weighted by Gasteiger charge is 2.68. The molecule has 16 heavy (non-hydrogen) atoms. The predicted molar refractivity (Wildman–Crippen MR) is 59.6 cm³/mol. The lowest BCUT2D eigenvalue weighted by Gasteiger charge is -2.34. The number of nitrogens with zero attached hydrogens (tertiary/aromatic N) is 1. The zero-order valence-electron chi connectivity index (χ0n) is 9.61. The van der Waals surface area contributed by atoms with Crippen LogP contribution in [0.5, 0.6) is 0 Å². The van der Waals surface area contributed by atoms with Crippen LogP contribution in [0.25, 0.3) is 0 Å². The number of carbonyl (C=O) groups is 1. The van der Waals surface area contributed by atoms with Crippen molar-refractivity contribution in [2.24, 2.45) is 11.1 Å². The fourth-order valence-corrected chi connectivity index (χ4v) is 3.03. The Hall–Kier alpha value is -0.610. The highest BCUT2D eigenvalue weighted by molar-refractivity contribution is 5.88. The number of hydrogen-bond donors (Lipinski definition) is 2. The van der Waals surface area contributed by atoms with Crippen molar-refractivity contribution in [2.75, 3.05) is 13.1 Å². The Balaban J connectivity index is 1.69. The number of hydrogen-bond acceptors (Lipinski definition) is 3. The number of rotatable bonds is 2. The Morgan fingerprint density at radius 1 is 1.19 bits per heavy atom. The second kappa shape index (κ2) is 3.20. The van der Waals surface area contributed by atoms with Crippen LogP contribution in [0.1, 0.15) is 38.5 Å². The summed E-state index contributed by atoms with van der Waals surface area (Å²) in [6.07, 6.45) is 5.19. The van der Waals surface area contributed by atoms with E-state index in [0.717, 1.165) is 38.5 Å². The summed E-state index contributed by atoms with van der Waals surface area (Å²) >= 11 is 0. The molecule has 1 amide bonds. The molecule has 90 valence electrons. The van der Waals surface area contributed by atoms with Gasteiger partial charge in [-0.15, -0.1) is 0 Å². The molecule has 3 N–H and O–H groups in total. The van der Waals surface area contributed by atoms with Crippen molar-refractivity contribution in [3.05, 3.63) is 0 Å². The summed E-state index contributed by atoms with van der Waals surface area (Å²) in [4.78, 5) is 14.4. The number of aliphatic hydroxyl groups is 1. The number of piperidine rings is 1. The van der Waals surface area contributed by atoms with Gasteiger partial charge in [0.2, 0.25) is 5.91 Å². The summed E-state index contributed by atoms with van der Waals surface area (Å²) in [5, 5.41) is 9.44. The predicted octanol–water partition coefficient (Wildman–Crippen LogP) is 0.241. The maximum atomic E-state index is 12.4. The van der Waals surface area contributed by atoms with Gasteiger partial charge in [-0.2, -0.15) is 0 Å². The normalized spacial score (nSPS) is 31.2. The number of amides is 1. The summed E-state index contributed by atoms with van der Waals surface area (Å²) in [5.74, 6) is 0.263. The standard InChI is InChI=1S/C12H20N2O2/c13-12(5-6-12)11(3-4-11)10(16)14-7-1-9(15)2-8-14/h9,15H,1-8,13H2. The van der Waals surface area contributed by atoms with Crippen molar-refractivity contribution in [1.82, 2.24) is 4.90 Å². The second-order valence-corrected chi connectivity index (χ2v) is 5.76. The molecule has 0 aromatic heterocycles. The third-order valence-electron chi connectivity index (χ3n) is 4.65. The van der Waals surface area contributed by atoms with Crippen molar-refractivity contribution in [3.8, 4) is 0 Å². The molecule has 0 spiro atoms. The first kappa shape index (κ1) is 10.5. The largest absolute Gasteiger partial charge is 0.393 e. The maximum Gasteiger partial charge on any atom is 0.230 e. The molecule has 0 aromatic carbocycles. The molecule has 0 bridgehead atoms. The Kier molecular flexibility index (Phi) is 2.11. The molecule has 1 aliphatic heterocycles. The zero-order chi connectivity index (χ0) is 11.4. The van der Waals surface area contributed by atoms with Gasteiger partial charge in [0.25, 0.3) is 0 Å². The van der Waals surface area contributed by atoms with Gasteiger partial charge >= 0.3 is 0 Å². The first-order valence-corrected chi connectivity index (χ1v) is 6.34. The van der Waals surface area contributed by atoms with Crippen LogP contribution in [0.3, 0.4) is 0 Å². The topological polar surface area (TPSA) is 66.6 Å². The van der Waals surface area contributed by atoms with Crippen LogP contribution in [0.2, 0.25) is 0 Å². The van der Waals surface area contributed by atoms with Gasteiger partial charge < -0.3 is 15.7 Å². The van der Waals surface area contributed by atoms with Crippen molar-refractivity contribution in [3.63, 3.8) is 0 Å². The molecule has 0 atom stereocenters. The highest BCUT2D eigenvalue weighted by Crippen LogP contribution is 2.63. The van der Waals surface area contributed by atoms with Crippen LogP contribution >= 0.6 is 0 Å². The van der Waals surface area contributed by atoms with E-state index in [1.165, 1.54) is 0 Å². The molecular formula is C12H20N2O2. The van der Waals surface area contributed by atoms with Crippen LogP contribution in [0, 0.1) is 5.41 Å². The van der Waals surface area contributed by atoms with E-state index in [-0.39, 0.29) is 23.0 Å². The Labute approximate surface area is 95.8 Å². The maximum absolute atomic E-state index is 12.4. The minimum Gasteiger partial charge on any atom is -0.393 e. The molecule has 2 aliphatic carbocycles. The van der Waals surface area contributed by atoms with Crippen molar-refractivity contribution in [2.45, 2.75) is 50.2 Å². The summed E-state index contributed by atoms with van der Waals surface area (Å²) in [5.41, 5.74) is 5.83. The minimum absolute atomic E-state index is 0.180. The number of likely N-dealkylation sites (tertiary alicyclic amines) is 1. The first-order valence-electron chi connectivity index (χ1n) is 6.34. The monoisotopic (exact) mass is 224 g/mol. The fraction of sp³-hybridized carbons (Fsp3) is 0.917. The lowest BCUT2D eigenvalue weighted by molar-refractivity contribution is -0.140. The minimum atomic E-state index is -0.216. The van der Waals surface area contributed by atoms with Gasteiger partial charge in [0.15, 0.2) is 0 Å². The van der Waals surface area contributed by atoms with Gasteiger partial charge in [0, 0.05) is 18.6 Å². The van der Waals surface area contributed by atoms with Crippen molar-refractivity contribution >= 4 is 5.91 Å². The Bertz CT molecular complexity index is 313. The van der Waals surface area contributed by atoms with Gasteiger partial charge in [-0.1, -0.05) is 0 Å². The number of carbonyl (C=O) groups excluding carboxylic acids is 1. The van der Waals surface area contributed by atoms with Crippen LogP contribution in [-0.2, 0) is 4.79 Å². The number of nitrogens with two attached hydrogens (primary N) is 1. The molecular weight excluding hydrogens is 204 g/mol. The molecule has 4 nitrogen and oxygen atoms in total. The Morgan fingerprint density at radius 3 is 2.19 bits per heavy atom. The molecule has 3 fully saturated rings. The highest BCUT2D eigenvalue weighted by atomic mass is 16.3. The molecule has 4 heteroatoms. The van der Waals surface area contributed by atoms with E-state index in [0.29, 0.717) is 13.1 Å². The molecule has 0 radical (unpaired) electrons. The lowest BCUT2D eigenvalue weighted by atomic mass is 9.91. The van der Waals surface area contributed by atoms with Gasteiger partial charge in [0.1, 0.15) is 0 Å². The van der Waals surface area contributed by atoms with E-state index < -0.39 is 0 Å². The first-order chi connectivity index (χ1) is 7.57. The molecule has 1 saturated heterocycles. The van der Waals surface area contributed by atoms with Gasteiger partial charge in [-0.05, 0) is 38.5 Å². The molecule has 3 rings (SSSR count). The number of aliphatic hydroxyl groups excluding tert-OH is 1. The Morgan fingerprint density at radius 2 is 1.75 bits per heavy atom. The van der Waals surface area contributed by atoms with E-state index in [1.54, 1.807) is 0 Å². The lowest BCUT2D eigenvalue weighted by Crippen LogP contribution is -2.50. The third kappa shape index (κ3) is 1.39. The van der Waals surface area contributed by atoms with Gasteiger partial charge in [-0.25, -0.2) is 0 Å². The quantitative estimate of drug-likeness (QED) is 0.706. The van der Waals surface area contributed by atoms with Crippen LogP contribution in [0.15, 0.2) is 0 Å². The summed E-state index contributed by atoms with van der Waals surface area (Å²) in [6, 6.07) is 0. The second-order valence-electron chi connectivity index (χ2n) is 5.76. The van der Waals surface area contributed by atoms with E-state index in [9.17, 15) is 9.90 Å². The zero-order valence-corrected chi connectivity index (χ0v) is 9.61. The summed E-state index contributed by atoms with van der Waals surface area (Å²) < 4.78 is 0. The van der Waals surface area contributed by atoms with E-state index in [4.69, 9.17) is 5.73 Å². The molecule has 0 aromatic rings. The van der Waals surface area contributed by atoms with Crippen LogP contribution < -0.4 is 5.73 Å². The summed E-state index contributed by atoms with van der Waals surface area (Å²) in [6.45, 7) is 1.41. The average molecular weight is 224 g/mol. The van der Waals surface area contributed by atoms with E-state index >= 15 is 0 Å². The van der Waals surface area contributed by atoms with Crippen LogP contribution in [-0.4, -0.2) is 40.6 Å². The van der Waals surface area contributed by atoms with E-state index in [1.807, 2.05) is 4.90 Å². The average Bonchev–Trinajstić information content (AvgIpc) is 3.13. The van der Waals surface area contributed by atoms with Gasteiger partial charge in [-0.3, -0.25) is 4.79 Å². The van der Waals surface area contributed by atoms with Crippen molar-refractivity contribution < 1.29 is 9.90 Å². The molecule has 1 heterocycles. The SMILES string of the molecule is NC1(C2(C(=O)N3CCC(O)CC3)CC2)CC1. The molecule has 0 unspecified atom stereocenters. The molecule has 3 aliphatic rings. The van der Waals surface area contributed by atoms with E-state index in [2.05, 4.69) is 0 Å². The smallest absolute Gasteiger partial charge is 0.230 e. The molecule has 2 saturated carbocycles. The third-order valence-corrected chi connectivity index (χ3v) is 4.65. The summed E-state index contributed by atoms with van der Waals surface area (Å²) in [7, 11) is 0. The fourth-order valence-electron chi connectivity index (χ4n) is 3.03. The van der Waals surface area contributed by atoms with Gasteiger partial charge in [0.05, 0.1) is 11.5 Å². The van der Waals surface area contributed by atoms with Crippen LogP contribution in [0.4, 0.5) is 0 Å². The van der Waals surface area contributed by atoms with Crippen molar-refractivity contribution in [1.29, 1.82) is 0 Å².